The SMILES string of the molecule is O=[PH2][O-].O=[PH2][O-].[Cu+2]. The smallest absolute Gasteiger partial charge is 0.804 e. The number of hydrogen-bond acceptors (Lipinski definition) is 4. The molecule has 0 bridgehead atoms. The summed E-state index contributed by atoms with van der Waals surface area (Å²) in [5.74, 6) is 0. The molecule has 2 atom stereocenters. The first kappa shape index (κ1) is 15.7. The van der Waals surface area contributed by atoms with E-state index in [0.717, 1.165) is 0 Å². The van der Waals surface area contributed by atoms with Gasteiger partial charge >= 0.3 is 17.1 Å². The fourth-order valence-electron chi connectivity index (χ4n) is 0. The average Bonchev–Trinajstić information content (AvgIpc) is 1.39. The molecule has 0 heterocycles. The van der Waals surface area contributed by atoms with Gasteiger partial charge < -0.3 is 18.9 Å². The average molecular weight is 194 g/mol. The van der Waals surface area contributed by atoms with Gasteiger partial charge in [0.15, 0.2) is 0 Å². The van der Waals surface area contributed by atoms with E-state index in [1.54, 1.807) is 0 Å². The first-order chi connectivity index (χ1) is 2.83. The van der Waals surface area contributed by atoms with E-state index >= 15 is 0 Å². The van der Waals surface area contributed by atoms with Crippen LogP contribution in [0.2, 0.25) is 0 Å². The molecular weight excluding hydrogens is 189 g/mol. The molecule has 0 amide bonds. The van der Waals surface area contributed by atoms with Crippen LogP contribution in [0.25, 0.3) is 0 Å². The molecule has 0 aliphatic rings. The molecule has 1 radical (unpaired) electrons. The second-order valence-electron chi connectivity index (χ2n) is 0.192. The minimum atomic E-state index is -1.75. The second-order valence-corrected chi connectivity index (χ2v) is 0.577. The van der Waals surface area contributed by atoms with Crippen LogP contribution in [-0.2, 0) is 26.2 Å². The van der Waals surface area contributed by atoms with Crippen LogP contribution in [0.1, 0.15) is 0 Å². The Morgan fingerprint density at radius 1 is 1.00 bits per heavy atom. The second kappa shape index (κ2) is 28.6. The van der Waals surface area contributed by atoms with Crippen molar-refractivity contribution in [3.05, 3.63) is 0 Å². The van der Waals surface area contributed by atoms with Crippen molar-refractivity contribution in [2.24, 2.45) is 0 Å². The van der Waals surface area contributed by atoms with Crippen LogP contribution >= 0.6 is 17.4 Å². The Kier molecular flexibility index (Phi) is 63.9. The van der Waals surface area contributed by atoms with Crippen LogP contribution in [0, 0.1) is 0 Å². The summed E-state index contributed by atoms with van der Waals surface area (Å²) in [5, 5.41) is 0. The molecule has 0 spiro atoms. The van der Waals surface area contributed by atoms with Gasteiger partial charge in [-0.25, -0.2) is 0 Å². The van der Waals surface area contributed by atoms with Gasteiger partial charge in [0.1, 0.15) is 0 Å². The molecule has 0 aliphatic heterocycles. The summed E-state index contributed by atoms with van der Waals surface area (Å²) in [4.78, 5) is 16.9. The molecule has 7 heteroatoms. The standard InChI is InChI=1S/Cu.2H3O2P/c;2*1-3-2/h;2*3H2,(H,1,2)/q+2;;/p-2. The molecule has 0 aliphatic carbocycles. The number of hydrogen-bond donors (Lipinski definition) is 0. The third-order valence-electron chi connectivity index (χ3n) is 0. The van der Waals surface area contributed by atoms with Crippen LogP contribution in [0.3, 0.4) is 0 Å². The van der Waals surface area contributed by atoms with Crippen molar-refractivity contribution in [1.82, 2.24) is 0 Å². The van der Waals surface area contributed by atoms with Crippen LogP contribution in [0.5, 0.6) is 0 Å². The maximum Gasteiger partial charge on any atom is 2.00 e. The molecule has 2 unspecified atom stereocenters. The zero-order chi connectivity index (χ0) is 5.41. The van der Waals surface area contributed by atoms with Gasteiger partial charge in [-0.1, -0.05) is 0 Å². The topological polar surface area (TPSA) is 80.3 Å². The Morgan fingerprint density at radius 2 is 1.00 bits per heavy atom. The molecule has 0 rings (SSSR count). The fourth-order valence-corrected chi connectivity index (χ4v) is 0. The third kappa shape index (κ3) is 205. The zero-order valence-electron chi connectivity index (χ0n) is 3.09. The molecule has 0 N–H and O–H groups in total. The van der Waals surface area contributed by atoms with Gasteiger partial charge in [-0.15, -0.1) is 0 Å². The summed E-state index contributed by atoms with van der Waals surface area (Å²) in [6.07, 6.45) is 0. The fraction of sp³-hybridized carbons (Fsp3) is 0. The first-order valence-electron chi connectivity index (χ1n) is 0.943. The Hall–Kier alpha value is 0.899. The summed E-state index contributed by atoms with van der Waals surface area (Å²) >= 11 is 0. The van der Waals surface area contributed by atoms with Crippen LogP contribution in [0.15, 0.2) is 0 Å². The van der Waals surface area contributed by atoms with Gasteiger partial charge in [0.2, 0.25) is 0 Å². The first-order valence-corrected chi connectivity index (χ1v) is 2.83. The van der Waals surface area contributed by atoms with Crippen molar-refractivity contribution >= 4 is 17.4 Å². The summed E-state index contributed by atoms with van der Waals surface area (Å²) in [6, 6.07) is 0. The van der Waals surface area contributed by atoms with Gasteiger partial charge in [-0.3, -0.25) is 0 Å². The van der Waals surface area contributed by atoms with Crippen molar-refractivity contribution < 1.29 is 36.0 Å². The van der Waals surface area contributed by atoms with Crippen LogP contribution in [0.4, 0.5) is 0 Å². The maximum atomic E-state index is 8.46. The Morgan fingerprint density at radius 3 is 1.00 bits per heavy atom. The van der Waals surface area contributed by atoms with E-state index in [1.807, 2.05) is 0 Å². The monoisotopic (exact) mass is 193 g/mol. The van der Waals surface area contributed by atoms with Crippen LogP contribution in [-0.4, -0.2) is 0 Å². The van der Waals surface area contributed by atoms with Crippen molar-refractivity contribution in [1.29, 1.82) is 0 Å². The Balaban J connectivity index is -0.0000000400. The molecule has 4 nitrogen and oxygen atoms in total. The maximum absolute atomic E-state index is 8.46. The summed E-state index contributed by atoms with van der Waals surface area (Å²) in [7, 11) is -3.50. The van der Waals surface area contributed by atoms with Gasteiger partial charge in [-0.2, -0.15) is 0 Å². The molecule has 0 aromatic rings. The molecular formula is H4CuO4P2. The molecule has 0 aromatic heterocycles. The van der Waals surface area contributed by atoms with E-state index in [1.165, 1.54) is 0 Å². The Bertz CT molecular complexity index is 30.7. The zero-order valence-corrected chi connectivity index (χ0v) is 6.34. The summed E-state index contributed by atoms with van der Waals surface area (Å²) < 4.78 is 16.9. The van der Waals surface area contributed by atoms with Crippen molar-refractivity contribution in [3.63, 3.8) is 0 Å². The van der Waals surface area contributed by atoms with Crippen LogP contribution < -0.4 is 9.79 Å². The Labute approximate surface area is 54.0 Å². The minimum Gasteiger partial charge on any atom is -0.804 e. The van der Waals surface area contributed by atoms with E-state index in [4.69, 9.17) is 18.9 Å². The van der Waals surface area contributed by atoms with Crippen molar-refractivity contribution in [2.75, 3.05) is 0 Å². The minimum absolute atomic E-state index is 0. The van der Waals surface area contributed by atoms with Crippen molar-refractivity contribution in [2.45, 2.75) is 0 Å². The predicted octanol–water partition coefficient (Wildman–Crippen LogP) is -1.97. The van der Waals surface area contributed by atoms with Gasteiger partial charge in [0.25, 0.3) is 0 Å². The molecule has 0 aromatic carbocycles. The van der Waals surface area contributed by atoms with Gasteiger partial charge in [-0.05, 0) is 17.4 Å². The van der Waals surface area contributed by atoms with Gasteiger partial charge in [0.05, 0.1) is 0 Å². The quantitative estimate of drug-likeness (QED) is 0.330. The van der Waals surface area contributed by atoms with Gasteiger partial charge in [0, 0.05) is 0 Å². The molecule has 0 saturated carbocycles. The summed E-state index contributed by atoms with van der Waals surface area (Å²) in [5.41, 5.74) is 0. The molecule has 7 heavy (non-hydrogen) atoms. The summed E-state index contributed by atoms with van der Waals surface area (Å²) in [6.45, 7) is 0. The normalized spacial score (nSPS) is 8.29. The van der Waals surface area contributed by atoms with E-state index < -0.39 is 17.4 Å². The predicted molar refractivity (Wildman–Crippen MR) is 20.8 cm³/mol. The molecule has 0 saturated heterocycles. The van der Waals surface area contributed by atoms with Crippen molar-refractivity contribution in [3.8, 4) is 0 Å². The molecule has 49 valence electrons. The van der Waals surface area contributed by atoms with E-state index in [0.29, 0.717) is 0 Å². The van der Waals surface area contributed by atoms with E-state index in [9.17, 15) is 0 Å². The largest absolute Gasteiger partial charge is 2.00 e. The van der Waals surface area contributed by atoms with E-state index in [2.05, 4.69) is 0 Å². The molecule has 0 fully saturated rings. The third-order valence-corrected chi connectivity index (χ3v) is 0. The van der Waals surface area contributed by atoms with E-state index in [-0.39, 0.29) is 17.1 Å². The number of rotatable bonds is 0.